The number of thiocarbonyl (C=S) groups is 1. The molecule has 1 saturated heterocycles. The Morgan fingerprint density at radius 1 is 1.42 bits per heavy atom. The van der Waals surface area contributed by atoms with E-state index < -0.39 is 0 Å². The molecule has 1 fully saturated rings. The average molecular weight is 359 g/mol. The minimum absolute atomic E-state index is 0.351. The summed E-state index contributed by atoms with van der Waals surface area (Å²) in [6.07, 6.45) is 1.17. The monoisotopic (exact) mass is 358 g/mol. The van der Waals surface area contributed by atoms with Gasteiger partial charge in [0.1, 0.15) is 4.99 Å². The molecule has 0 spiro atoms. The smallest absolute Gasteiger partial charge is 0.106 e. The van der Waals surface area contributed by atoms with Gasteiger partial charge in [-0.2, -0.15) is 11.8 Å². The van der Waals surface area contributed by atoms with Crippen LogP contribution in [0.1, 0.15) is 25.8 Å². The second-order valence-corrected chi connectivity index (χ2v) is 8.53. The van der Waals surface area contributed by atoms with Crippen molar-refractivity contribution >= 4 is 50.6 Å². The van der Waals surface area contributed by atoms with Crippen LogP contribution in [0, 0.1) is 0 Å². The van der Waals surface area contributed by atoms with Crippen LogP contribution in [0.5, 0.6) is 0 Å². The molecule has 0 radical (unpaired) electrons. The average Bonchev–Trinajstić information content (AvgIpc) is 2.49. The Morgan fingerprint density at radius 3 is 2.84 bits per heavy atom. The maximum absolute atomic E-state index is 5.85. The molecule has 2 N–H and O–H groups in total. The fraction of sp³-hybridized carbons (Fsp3) is 0.500. The summed E-state index contributed by atoms with van der Waals surface area (Å²) in [6.45, 7) is 6.72. The van der Waals surface area contributed by atoms with Crippen molar-refractivity contribution in [1.29, 1.82) is 0 Å². The van der Waals surface area contributed by atoms with E-state index in [1.54, 1.807) is 0 Å². The lowest BCUT2D eigenvalue weighted by molar-refractivity contribution is 0.637. The van der Waals surface area contributed by atoms with Crippen LogP contribution in [0.3, 0.4) is 0 Å². The van der Waals surface area contributed by atoms with E-state index in [4.69, 9.17) is 18.0 Å². The van der Waals surface area contributed by atoms with Gasteiger partial charge in [0, 0.05) is 39.3 Å². The van der Waals surface area contributed by atoms with Gasteiger partial charge in [0.05, 0.1) is 0 Å². The van der Waals surface area contributed by atoms with E-state index in [1.807, 2.05) is 23.9 Å². The van der Waals surface area contributed by atoms with E-state index in [9.17, 15) is 0 Å². The minimum atomic E-state index is 0.351. The van der Waals surface area contributed by atoms with Crippen LogP contribution in [-0.2, 0) is 0 Å². The van der Waals surface area contributed by atoms with Crippen molar-refractivity contribution < 1.29 is 0 Å². The predicted octanol–water partition coefficient (Wildman–Crippen LogP) is 3.81. The third-order valence-corrected chi connectivity index (χ3v) is 5.49. The van der Waals surface area contributed by atoms with E-state index in [0.29, 0.717) is 9.74 Å². The van der Waals surface area contributed by atoms with E-state index >= 15 is 0 Å². The van der Waals surface area contributed by atoms with Gasteiger partial charge in [0.25, 0.3) is 0 Å². The van der Waals surface area contributed by atoms with Crippen molar-refractivity contribution in [1.82, 2.24) is 0 Å². The molecule has 1 aliphatic heterocycles. The standard InChI is InChI=1S/C14H19BrN2S2/c1-14(2)5-6-17(7-8-19-14)12-9-10(15)3-4-11(12)13(16)18/h3-4,9H,5-8H2,1-2H3,(H2,16,18). The Kier molecular flexibility index (Phi) is 4.79. The highest BCUT2D eigenvalue weighted by atomic mass is 79.9. The van der Waals surface area contributed by atoms with Gasteiger partial charge in [-0.3, -0.25) is 0 Å². The topological polar surface area (TPSA) is 29.3 Å². The predicted molar refractivity (Wildman–Crippen MR) is 93.4 cm³/mol. The van der Waals surface area contributed by atoms with Crippen LogP contribution in [-0.4, -0.2) is 28.6 Å². The van der Waals surface area contributed by atoms with Crippen LogP contribution in [0.15, 0.2) is 22.7 Å². The molecule has 104 valence electrons. The van der Waals surface area contributed by atoms with E-state index in [-0.39, 0.29) is 0 Å². The molecule has 1 aliphatic rings. The Labute approximate surface area is 133 Å². The lowest BCUT2D eigenvalue weighted by atomic mass is 10.1. The first-order chi connectivity index (χ1) is 8.89. The first-order valence-corrected chi connectivity index (χ1v) is 8.56. The van der Waals surface area contributed by atoms with E-state index in [2.05, 4.69) is 40.7 Å². The molecule has 2 rings (SSSR count). The van der Waals surface area contributed by atoms with Crippen molar-refractivity contribution in [2.75, 3.05) is 23.7 Å². The number of anilines is 1. The molecule has 0 saturated carbocycles. The van der Waals surface area contributed by atoms with Crippen LogP contribution in [0.4, 0.5) is 5.69 Å². The number of hydrogen-bond acceptors (Lipinski definition) is 3. The maximum Gasteiger partial charge on any atom is 0.106 e. The van der Waals surface area contributed by atoms with Crippen molar-refractivity contribution in [2.45, 2.75) is 25.0 Å². The molecule has 0 atom stereocenters. The summed E-state index contributed by atoms with van der Waals surface area (Å²) in [6, 6.07) is 6.12. The van der Waals surface area contributed by atoms with Crippen molar-refractivity contribution in [3.8, 4) is 0 Å². The first-order valence-electron chi connectivity index (χ1n) is 6.37. The van der Waals surface area contributed by atoms with Crippen LogP contribution in [0.25, 0.3) is 0 Å². The van der Waals surface area contributed by atoms with Crippen LogP contribution >= 0.6 is 39.9 Å². The summed E-state index contributed by atoms with van der Waals surface area (Å²) >= 11 is 10.8. The molecule has 19 heavy (non-hydrogen) atoms. The number of hydrogen-bond donors (Lipinski definition) is 1. The van der Waals surface area contributed by atoms with Crippen molar-refractivity contribution in [3.05, 3.63) is 28.2 Å². The third kappa shape index (κ3) is 3.86. The lowest BCUT2D eigenvalue weighted by Gasteiger charge is -2.26. The van der Waals surface area contributed by atoms with Gasteiger partial charge in [0.15, 0.2) is 0 Å². The summed E-state index contributed by atoms with van der Waals surface area (Å²) in [5, 5.41) is 0. The fourth-order valence-corrected chi connectivity index (χ4v) is 3.86. The zero-order valence-corrected chi connectivity index (χ0v) is 14.5. The molecule has 0 unspecified atom stereocenters. The normalized spacial score (nSPS) is 19.0. The third-order valence-electron chi connectivity index (χ3n) is 3.40. The highest BCUT2D eigenvalue weighted by Crippen LogP contribution is 2.34. The van der Waals surface area contributed by atoms with Gasteiger partial charge < -0.3 is 10.6 Å². The second-order valence-electron chi connectivity index (χ2n) is 5.37. The van der Waals surface area contributed by atoms with Crippen molar-refractivity contribution in [2.24, 2.45) is 5.73 Å². The highest BCUT2D eigenvalue weighted by Gasteiger charge is 2.25. The molecule has 0 bridgehead atoms. The van der Waals surface area contributed by atoms with Gasteiger partial charge in [-0.05, 0) is 24.6 Å². The fourth-order valence-electron chi connectivity index (χ4n) is 2.24. The first kappa shape index (κ1) is 15.1. The molecule has 0 aromatic heterocycles. The molecule has 0 aliphatic carbocycles. The molecule has 1 aromatic carbocycles. The number of nitrogens with zero attached hydrogens (tertiary/aromatic N) is 1. The van der Waals surface area contributed by atoms with Crippen molar-refractivity contribution in [3.63, 3.8) is 0 Å². The lowest BCUT2D eigenvalue weighted by Crippen LogP contribution is -2.29. The Hall–Kier alpha value is -0.260. The number of thioether (sulfide) groups is 1. The minimum Gasteiger partial charge on any atom is -0.389 e. The summed E-state index contributed by atoms with van der Waals surface area (Å²) < 4.78 is 1.42. The largest absolute Gasteiger partial charge is 0.389 e. The maximum atomic E-state index is 5.85. The molecule has 1 heterocycles. The summed E-state index contributed by atoms with van der Waals surface area (Å²) in [4.78, 5) is 2.87. The van der Waals surface area contributed by atoms with Gasteiger partial charge in [-0.15, -0.1) is 0 Å². The van der Waals surface area contributed by atoms with Gasteiger partial charge >= 0.3 is 0 Å². The number of rotatable bonds is 2. The molecule has 2 nitrogen and oxygen atoms in total. The van der Waals surface area contributed by atoms with Crippen LogP contribution < -0.4 is 10.6 Å². The highest BCUT2D eigenvalue weighted by molar-refractivity contribution is 9.10. The Morgan fingerprint density at radius 2 is 2.16 bits per heavy atom. The van der Waals surface area contributed by atoms with Crippen LogP contribution in [0.2, 0.25) is 0 Å². The number of nitrogens with two attached hydrogens (primary N) is 1. The number of halogens is 1. The van der Waals surface area contributed by atoms with E-state index in [0.717, 1.165) is 34.6 Å². The molecule has 0 amide bonds. The molecular formula is C14H19BrN2S2. The quantitative estimate of drug-likeness (QED) is 0.814. The van der Waals surface area contributed by atoms with Gasteiger partial charge in [-0.25, -0.2) is 0 Å². The molecule has 5 heteroatoms. The summed E-state index contributed by atoms with van der Waals surface area (Å²) in [7, 11) is 0. The Balaban J connectivity index is 2.30. The summed E-state index contributed by atoms with van der Waals surface area (Å²) in [5.74, 6) is 1.14. The Bertz CT molecular complexity index is 488. The zero-order valence-electron chi connectivity index (χ0n) is 11.3. The number of benzene rings is 1. The van der Waals surface area contributed by atoms with Gasteiger partial charge in [0.2, 0.25) is 0 Å². The second kappa shape index (κ2) is 6.02. The molecule has 1 aromatic rings. The van der Waals surface area contributed by atoms with Gasteiger partial charge in [-0.1, -0.05) is 42.0 Å². The SMILES string of the molecule is CC1(C)CCN(c2cc(Br)ccc2C(N)=S)CCS1. The molecular weight excluding hydrogens is 340 g/mol. The summed E-state index contributed by atoms with van der Waals surface area (Å²) in [5.41, 5.74) is 7.98. The van der Waals surface area contributed by atoms with E-state index in [1.165, 1.54) is 6.42 Å². The zero-order chi connectivity index (χ0) is 14.0.